The average molecular weight is 349 g/mol. The molecule has 0 bridgehead atoms. The Balaban J connectivity index is 1.89. The van der Waals surface area contributed by atoms with Crippen molar-refractivity contribution in [2.24, 2.45) is 11.3 Å². The topological polar surface area (TPSA) is 63.2 Å². The number of hydrogen-bond donors (Lipinski definition) is 1. The molecule has 0 aromatic heterocycles. The van der Waals surface area contributed by atoms with Gasteiger partial charge < -0.3 is 0 Å². The summed E-state index contributed by atoms with van der Waals surface area (Å²) in [5.74, 6) is -1.81. The predicted molar refractivity (Wildman–Crippen MR) is 84.5 cm³/mol. The first-order valence-electron chi connectivity index (χ1n) is 8.14. The lowest BCUT2D eigenvalue weighted by Crippen LogP contribution is -2.43. The Morgan fingerprint density at radius 2 is 2.00 bits per heavy atom. The van der Waals surface area contributed by atoms with Crippen LogP contribution in [0.3, 0.4) is 0 Å². The van der Waals surface area contributed by atoms with Gasteiger partial charge in [0.2, 0.25) is 22.4 Å². The minimum Gasteiger partial charge on any atom is -0.273 e. The number of sulfonamides is 1. The lowest BCUT2D eigenvalue weighted by Gasteiger charge is -2.19. The summed E-state index contributed by atoms with van der Waals surface area (Å²) in [4.78, 5) is 12.1. The molecule has 2 aliphatic rings. The van der Waals surface area contributed by atoms with Gasteiger partial charge in [0.15, 0.2) is 0 Å². The Kier molecular flexibility index (Phi) is 5.18. The first-order chi connectivity index (χ1) is 10.7. The zero-order chi connectivity index (χ0) is 17.3. The van der Waals surface area contributed by atoms with Crippen LogP contribution in [0.15, 0.2) is 12.7 Å². The molecule has 132 valence electrons. The van der Waals surface area contributed by atoms with Crippen molar-refractivity contribution in [3.8, 4) is 0 Å². The predicted octanol–water partition coefficient (Wildman–Crippen LogP) is 3.39. The summed E-state index contributed by atoms with van der Waals surface area (Å²) in [6, 6.07) is 0. The number of nitrogens with one attached hydrogen (secondary N) is 1. The van der Waals surface area contributed by atoms with Gasteiger partial charge in [-0.15, -0.1) is 6.58 Å². The maximum absolute atomic E-state index is 12.7. The second kappa shape index (κ2) is 6.49. The molecular weight excluding hydrogens is 324 g/mol. The van der Waals surface area contributed by atoms with Gasteiger partial charge in [0.25, 0.3) is 0 Å². The number of unbranched alkanes of at least 4 members (excludes halogenated alkanes) is 3. The van der Waals surface area contributed by atoms with Crippen LogP contribution >= 0.6 is 0 Å². The summed E-state index contributed by atoms with van der Waals surface area (Å²) in [5, 5.41) is 0. The minimum absolute atomic E-state index is 0.0422. The van der Waals surface area contributed by atoms with Crippen molar-refractivity contribution in [2.75, 3.05) is 0 Å². The van der Waals surface area contributed by atoms with Crippen molar-refractivity contribution in [2.45, 2.75) is 69.5 Å². The summed E-state index contributed by atoms with van der Waals surface area (Å²) in [6.07, 6.45) is 4.44. The highest BCUT2D eigenvalue weighted by atomic mass is 32.2. The number of carbonyl (C=O) groups excluding carboxylic acids is 1. The van der Waals surface area contributed by atoms with E-state index in [-0.39, 0.29) is 6.42 Å². The van der Waals surface area contributed by atoms with Gasteiger partial charge in [0.05, 0.1) is 10.2 Å². The maximum Gasteiger partial charge on any atom is 0.242 e. The Bertz CT molecular complexity index is 572. The van der Waals surface area contributed by atoms with Crippen molar-refractivity contribution in [3.63, 3.8) is 0 Å². The van der Waals surface area contributed by atoms with E-state index in [4.69, 9.17) is 0 Å². The number of alkyl halides is 2. The Morgan fingerprint density at radius 3 is 2.48 bits per heavy atom. The fourth-order valence-electron chi connectivity index (χ4n) is 3.08. The van der Waals surface area contributed by atoms with Crippen LogP contribution in [0, 0.1) is 11.3 Å². The van der Waals surface area contributed by atoms with Crippen LogP contribution < -0.4 is 4.72 Å². The number of amides is 1. The Labute approximate surface area is 136 Å². The van der Waals surface area contributed by atoms with Crippen LogP contribution in [0.25, 0.3) is 0 Å². The normalized spacial score (nSPS) is 28.4. The van der Waals surface area contributed by atoms with Gasteiger partial charge in [-0.1, -0.05) is 25.8 Å². The molecule has 2 fully saturated rings. The molecule has 2 saturated carbocycles. The van der Waals surface area contributed by atoms with E-state index < -0.39 is 38.4 Å². The summed E-state index contributed by atoms with van der Waals surface area (Å²) >= 11 is 0. The van der Waals surface area contributed by atoms with Crippen molar-refractivity contribution in [1.82, 2.24) is 4.72 Å². The molecule has 4 nitrogen and oxygen atoms in total. The monoisotopic (exact) mass is 349 g/mol. The Hall–Kier alpha value is -0.980. The number of hydrogen-bond acceptors (Lipinski definition) is 3. The molecule has 0 aromatic rings. The molecule has 0 aromatic carbocycles. The molecular formula is C16H25F2NO3S. The summed E-state index contributed by atoms with van der Waals surface area (Å²) in [5.41, 5.74) is -1.25. The fraction of sp³-hybridized carbons (Fsp3) is 0.812. The zero-order valence-electron chi connectivity index (χ0n) is 13.5. The molecule has 2 rings (SSSR count). The van der Waals surface area contributed by atoms with Crippen molar-refractivity contribution >= 4 is 15.9 Å². The standard InChI is InChI=1S/C16H25F2NO3S/c1-3-4-5-6-7-8-16(9-10-16)23(21,22)19-14(20)15(2)11-12(15)13(17)18/h3,12-13H,1,4-11H2,2H3,(H,19,20). The lowest BCUT2D eigenvalue weighted by molar-refractivity contribution is -0.125. The van der Waals surface area contributed by atoms with Gasteiger partial charge in [-0.2, -0.15) is 0 Å². The zero-order valence-corrected chi connectivity index (χ0v) is 14.3. The number of allylic oxidation sites excluding steroid dienone is 1. The van der Waals surface area contributed by atoms with Crippen LogP contribution in [0.5, 0.6) is 0 Å². The van der Waals surface area contributed by atoms with E-state index >= 15 is 0 Å². The van der Waals surface area contributed by atoms with E-state index in [0.29, 0.717) is 19.3 Å². The average Bonchev–Trinajstić information content (AvgIpc) is 3.34. The van der Waals surface area contributed by atoms with Gasteiger partial charge in [-0.3, -0.25) is 9.52 Å². The number of rotatable bonds is 10. The van der Waals surface area contributed by atoms with E-state index in [1.54, 1.807) is 0 Å². The first-order valence-corrected chi connectivity index (χ1v) is 9.63. The van der Waals surface area contributed by atoms with Gasteiger partial charge in [0, 0.05) is 5.92 Å². The van der Waals surface area contributed by atoms with E-state index in [2.05, 4.69) is 11.3 Å². The van der Waals surface area contributed by atoms with Crippen molar-refractivity contribution < 1.29 is 22.0 Å². The summed E-state index contributed by atoms with van der Waals surface area (Å²) in [6.45, 7) is 5.05. The lowest BCUT2D eigenvalue weighted by atomic mass is 10.1. The molecule has 1 N–H and O–H groups in total. The third-order valence-corrected chi connectivity index (χ3v) is 7.48. The smallest absolute Gasteiger partial charge is 0.242 e. The molecule has 0 aliphatic heterocycles. The van der Waals surface area contributed by atoms with Crippen molar-refractivity contribution in [1.29, 1.82) is 0 Å². The van der Waals surface area contributed by atoms with Crippen LogP contribution in [0.2, 0.25) is 0 Å². The third kappa shape index (κ3) is 3.75. The molecule has 2 atom stereocenters. The Morgan fingerprint density at radius 1 is 1.35 bits per heavy atom. The molecule has 0 spiro atoms. The number of carbonyl (C=O) groups is 1. The fourth-order valence-corrected chi connectivity index (χ4v) is 4.82. The van der Waals surface area contributed by atoms with E-state index in [1.165, 1.54) is 6.92 Å². The highest BCUT2D eigenvalue weighted by molar-refractivity contribution is 7.91. The highest BCUT2D eigenvalue weighted by Crippen LogP contribution is 2.56. The number of halogens is 2. The quantitative estimate of drug-likeness (QED) is 0.486. The van der Waals surface area contributed by atoms with Crippen LogP contribution in [0.4, 0.5) is 8.78 Å². The molecule has 1 amide bonds. The van der Waals surface area contributed by atoms with E-state index in [1.807, 2.05) is 6.08 Å². The van der Waals surface area contributed by atoms with E-state index in [0.717, 1.165) is 25.7 Å². The van der Waals surface area contributed by atoms with Crippen molar-refractivity contribution in [3.05, 3.63) is 12.7 Å². The second-order valence-corrected chi connectivity index (χ2v) is 9.15. The largest absolute Gasteiger partial charge is 0.273 e. The molecule has 0 saturated heterocycles. The van der Waals surface area contributed by atoms with Gasteiger partial charge in [-0.25, -0.2) is 17.2 Å². The van der Waals surface area contributed by atoms with E-state index in [9.17, 15) is 22.0 Å². The minimum atomic E-state index is -3.80. The highest BCUT2D eigenvalue weighted by Gasteiger charge is 2.63. The van der Waals surface area contributed by atoms with Crippen LogP contribution in [-0.2, 0) is 14.8 Å². The SMILES string of the molecule is C=CCCCCCC1(S(=O)(=O)NC(=O)C2(C)CC2C(F)F)CC1. The summed E-state index contributed by atoms with van der Waals surface area (Å²) in [7, 11) is -3.80. The third-order valence-electron chi connectivity index (χ3n) is 5.27. The van der Waals surface area contributed by atoms with Gasteiger partial charge in [0.1, 0.15) is 0 Å². The maximum atomic E-state index is 12.7. The molecule has 7 heteroatoms. The van der Waals surface area contributed by atoms with Crippen LogP contribution in [-0.4, -0.2) is 25.5 Å². The van der Waals surface area contributed by atoms with Gasteiger partial charge >= 0.3 is 0 Å². The van der Waals surface area contributed by atoms with Gasteiger partial charge in [-0.05, 0) is 38.5 Å². The molecule has 2 aliphatic carbocycles. The molecule has 23 heavy (non-hydrogen) atoms. The molecule has 0 radical (unpaired) electrons. The van der Waals surface area contributed by atoms with Crippen LogP contribution in [0.1, 0.15) is 58.3 Å². The summed E-state index contributed by atoms with van der Waals surface area (Å²) < 4.78 is 51.5. The second-order valence-electron chi connectivity index (χ2n) is 7.07. The first kappa shape index (κ1) is 18.4. The molecule has 2 unspecified atom stereocenters. The molecule has 0 heterocycles.